The van der Waals surface area contributed by atoms with E-state index in [4.69, 9.17) is 4.74 Å². The van der Waals surface area contributed by atoms with Crippen molar-refractivity contribution in [3.63, 3.8) is 0 Å². The number of methoxy groups -OCH3 is 1. The third-order valence-corrected chi connectivity index (χ3v) is 5.22. The summed E-state index contributed by atoms with van der Waals surface area (Å²) < 4.78 is 4.89. The Kier molecular flexibility index (Phi) is 4.35. The second-order valence-electron chi connectivity index (χ2n) is 6.88. The predicted octanol–water partition coefficient (Wildman–Crippen LogP) is 3.99. The highest BCUT2D eigenvalue weighted by atomic mass is 16.5. The van der Waals surface area contributed by atoms with E-state index in [-0.39, 0.29) is 5.97 Å². The van der Waals surface area contributed by atoms with Crippen molar-refractivity contribution in [2.75, 3.05) is 7.11 Å². The van der Waals surface area contributed by atoms with E-state index < -0.39 is 0 Å². The summed E-state index contributed by atoms with van der Waals surface area (Å²) in [5.41, 5.74) is 2.76. The molecule has 0 amide bonds. The topological polar surface area (TPSA) is 26.3 Å². The van der Waals surface area contributed by atoms with Crippen LogP contribution in [0.3, 0.4) is 0 Å². The van der Waals surface area contributed by atoms with Gasteiger partial charge in [0.25, 0.3) is 0 Å². The van der Waals surface area contributed by atoms with Gasteiger partial charge < -0.3 is 4.74 Å². The second kappa shape index (κ2) is 5.10. The molecule has 1 saturated heterocycles. The highest BCUT2D eigenvalue weighted by Gasteiger charge is 2.48. The molecule has 0 saturated carbocycles. The molecule has 0 unspecified atom stereocenters. The number of ether oxygens (including phenoxy) is 1. The van der Waals surface area contributed by atoms with Gasteiger partial charge in [-0.15, -0.1) is 0 Å². The van der Waals surface area contributed by atoms with Gasteiger partial charge in [0.05, 0.1) is 7.11 Å². The molecule has 2 nitrogen and oxygen atoms in total. The number of hydrogen-bond donors (Lipinski definition) is 0. The van der Waals surface area contributed by atoms with E-state index in [0.717, 1.165) is 24.6 Å². The molecule has 0 atom stereocenters. The van der Waals surface area contributed by atoms with Crippen molar-refractivity contribution in [1.29, 1.82) is 0 Å². The van der Waals surface area contributed by atoms with Crippen LogP contribution in [0.4, 0.5) is 0 Å². The van der Waals surface area contributed by atoms with Crippen LogP contribution in [0, 0.1) is 10.8 Å². The SMILES string of the molecule is CC/C(C(=O)OC)=C(\C)B1CC(C)(C)C(C)(C)C1. The van der Waals surface area contributed by atoms with Crippen molar-refractivity contribution >= 4 is 12.7 Å². The minimum Gasteiger partial charge on any atom is -0.466 e. The van der Waals surface area contributed by atoms with Gasteiger partial charge in [0.2, 0.25) is 0 Å². The Morgan fingerprint density at radius 3 is 1.94 bits per heavy atom. The summed E-state index contributed by atoms with van der Waals surface area (Å²) in [4.78, 5) is 11.8. The average molecular weight is 250 g/mol. The second-order valence-corrected chi connectivity index (χ2v) is 6.88. The van der Waals surface area contributed by atoms with Crippen molar-refractivity contribution in [3.8, 4) is 0 Å². The normalized spacial score (nSPS) is 22.7. The third kappa shape index (κ3) is 2.65. The number of allylic oxidation sites excluding steroid dienone is 1. The molecule has 1 heterocycles. The van der Waals surface area contributed by atoms with Crippen LogP contribution in [-0.2, 0) is 9.53 Å². The van der Waals surface area contributed by atoms with E-state index in [0.29, 0.717) is 17.5 Å². The lowest BCUT2D eigenvalue weighted by Gasteiger charge is -2.35. The maximum absolute atomic E-state index is 11.8. The van der Waals surface area contributed by atoms with Gasteiger partial charge in [-0.3, -0.25) is 0 Å². The van der Waals surface area contributed by atoms with Gasteiger partial charge in [-0.1, -0.05) is 59.7 Å². The number of carbonyl (C=O) groups excluding carboxylic acids is 1. The van der Waals surface area contributed by atoms with Crippen LogP contribution in [-0.4, -0.2) is 19.8 Å². The fourth-order valence-electron chi connectivity index (χ4n) is 3.12. The summed E-state index contributed by atoms with van der Waals surface area (Å²) in [6, 6.07) is 0. The van der Waals surface area contributed by atoms with E-state index in [9.17, 15) is 4.79 Å². The zero-order chi connectivity index (χ0) is 14.1. The van der Waals surface area contributed by atoms with Crippen molar-refractivity contribution < 1.29 is 9.53 Å². The number of esters is 1. The van der Waals surface area contributed by atoms with Crippen LogP contribution in [0.2, 0.25) is 12.6 Å². The molecule has 0 aromatic carbocycles. The van der Waals surface area contributed by atoms with E-state index in [1.807, 2.05) is 6.92 Å². The molecule has 0 N–H and O–H groups in total. The Bertz CT molecular complexity index is 351. The molecule has 0 aromatic rings. The summed E-state index contributed by atoms with van der Waals surface area (Å²) in [5.74, 6) is -0.155. The molecule has 1 fully saturated rings. The molecule has 0 spiro atoms. The predicted molar refractivity (Wildman–Crippen MR) is 77.9 cm³/mol. The Labute approximate surface area is 112 Å². The first-order chi connectivity index (χ1) is 8.16. The van der Waals surface area contributed by atoms with Gasteiger partial charge in [-0.05, 0) is 17.3 Å². The van der Waals surface area contributed by atoms with Crippen LogP contribution in [0.1, 0.15) is 48.0 Å². The van der Waals surface area contributed by atoms with Gasteiger partial charge in [-0.25, -0.2) is 4.79 Å². The van der Waals surface area contributed by atoms with Gasteiger partial charge in [0.1, 0.15) is 0 Å². The molecule has 0 aromatic heterocycles. The van der Waals surface area contributed by atoms with Gasteiger partial charge in [0, 0.05) is 5.57 Å². The standard InChI is InChI=1S/C15H27BO2/c1-8-12(13(17)18-7)11(2)16-9-14(3,4)15(5,6)10-16/h8-10H2,1-7H3/b12-11-. The van der Waals surface area contributed by atoms with Crippen LogP contribution in [0.5, 0.6) is 0 Å². The Morgan fingerprint density at radius 1 is 1.17 bits per heavy atom. The zero-order valence-corrected chi connectivity index (χ0v) is 13.0. The lowest BCUT2D eigenvalue weighted by atomic mass is 9.41. The first kappa shape index (κ1) is 15.3. The molecule has 1 aliphatic rings. The summed E-state index contributed by atoms with van der Waals surface area (Å²) in [6.07, 6.45) is 3.08. The minimum atomic E-state index is -0.155. The van der Waals surface area contributed by atoms with Crippen molar-refractivity contribution in [2.24, 2.45) is 10.8 Å². The zero-order valence-electron chi connectivity index (χ0n) is 13.0. The van der Waals surface area contributed by atoms with Crippen LogP contribution >= 0.6 is 0 Å². The Hall–Kier alpha value is -0.725. The molecule has 1 aliphatic heterocycles. The minimum absolute atomic E-state index is 0.155. The molecular weight excluding hydrogens is 223 g/mol. The Morgan fingerprint density at radius 2 is 1.61 bits per heavy atom. The van der Waals surface area contributed by atoms with Crippen molar-refractivity contribution in [1.82, 2.24) is 0 Å². The summed E-state index contributed by atoms with van der Waals surface area (Å²) in [5, 5.41) is 0. The average Bonchev–Trinajstić information content (AvgIpc) is 2.48. The summed E-state index contributed by atoms with van der Waals surface area (Å²) in [7, 11) is 1.47. The fraction of sp³-hybridized carbons (Fsp3) is 0.800. The molecular formula is C15H27BO2. The van der Waals surface area contributed by atoms with Crippen LogP contribution in [0.15, 0.2) is 11.0 Å². The lowest BCUT2D eigenvalue weighted by molar-refractivity contribution is -0.136. The van der Waals surface area contributed by atoms with Crippen molar-refractivity contribution in [3.05, 3.63) is 11.0 Å². The quantitative estimate of drug-likeness (QED) is 0.430. The molecule has 0 bridgehead atoms. The maximum atomic E-state index is 11.8. The van der Waals surface area contributed by atoms with Crippen LogP contribution in [0.25, 0.3) is 0 Å². The number of hydrogen-bond acceptors (Lipinski definition) is 2. The molecule has 0 radical (unpaired) electrons. The molecule has 102 valence electrons. The fourth-order valence-corrected chi connectivity index (χ4v) is 3.12. The lowest BCUT2D eigenvalue weighted by Crippen LogP contribution is -2.24. The molecule has 3 heteroatoms. The van der Waals surface area contributed by atoms with Gasteiger partial charge in [-0.2, -0.15) is 0 Å². The third-order valence-electron chi connectivity index (χ3n) is 5.22. The molecule has 18 heavy (non-hydrogen) atoms. The highest BCUT2D eigenvalue weighted by Crippen LogP contribution is 2.54. The smallest absolute Gasteiger partial charge is 0.332 e. The van der Waals surface area contributed by atoms with Gasteiger partial charge in [0.15, 0.2) is 6.71 Å². The van der Waals surface area contributed by atoms with Crippen LogP contribution < -0.4 is 0 Å². The van der Waals surface area contributed by atoms with Gasteiger partial charge >= 0.3 is 5.97 Å². The van der Waals surface area contributed by atoms with E-state index >= 15 is 0 Å². The van der Waals surface area contributed by atoms with Crippen molar-refractivity contribution in [2.45, 2.75) is 60.6 Å². The highest BCUT2D eigenvalue weighted by molar-refractivity contribution is 6.68. The summed E-state index contributed by atoms with van der Waals surface area (Å²) >= 11 is 0. The first-order valence-electron chi connectivity index (χ1n) is 6.94. The summed E-state index contributed by atoms with van der Waals surface area (Å²) in [6.45, 7) is 14.0. The van der Waals surface area contributed by atoms with E-state index in [1.165, 1.54) is 12.6 Å². The van der Waals surface area contributed by atoms with E-state index in [1.54, 1.807) is 0 Å². The number of rotatable bonds is 3. The van der Waals surface area contributed by atoms with E-state index in [2.05, 4.69) is 34.6 Å². The first-order valence-corrected chi connectivity index (χ1v) is 6.94. The molecule has 0 aliphatic carbocycles. The largest absolute Gasteiger partial charge is 0.466 e. The number of carbonyl (C=O) groups is 1. The maximum Gasteiger partial charge on any atom is 0.332 e. The monoisotopic (exact) mass is 250 g/mol. The molecule has 1 rings (SSSR count). The Balaban J connectivity index is 3.03.